The van der Waals surface area contributed by atoms with Crippen molar-refractivity contribution in [2.45, 2.75) is 13.8 Å². The Bertz CT molecular complexity index is 1040. The number of anilines is 2. The van der Waals surface area contributed by atoms with E-state index >= 15 is 0 Å². The molecule has 0 aliphatic rings. The van der Waals surface area contributed by atoms with Gasteiger partial charge in [0.25, 0.3) is 5.91 Å². The van der Waals surface area contributed by atoms with Crippen LogP contribution in [0.4, 0.5) is 11.4 Å². The van der Waals surface area contributed by atoms with Gasteiger partial charge in [-0.2, -0.15) is 0 Å². The van der Waals surface area contributed by atoms with Crippen molar-refractivity contribution in [3.05, 3.63) is 62.7 Å². The Labute approximate surface area is 184 Å². The predicted molar refractivity (Wildman–Crippen MR) is 123 cm³/mol. The van der Waals surface area contributed by atoms with Crippen LogP contribution in [0.2, 0.25) is 15.1 Å². The quantitative estimate of drug-likeness (QED) is 0.399. The summed E-state index contributed by atoms with van der Waals surface area (Å²) in [6, 6.07) is 8.39. The first-order valence-electron chi connectivity index (χ1n) is 9.21. The second-order valence-corrected chi connectivity index (χ2v) is 7.69. The van der Waals surface area contributed by atoms with Crippen LogP contribution in [0.3, 0.4) is 0 Å². The summed E-state index contributed by atoms with van der Waals surface area (Å²) in [7, 11) is 0. The monoisotopic (exact) mass is 450 g/mol. The first kappa shape index (κ1) is 21.7. The zero-order valence-electron chi connectivity index (χ0n) is 16.1. The largest absolute Gasteiger partial charge is 0.383 e. The number of fused-ring (bicyclic) bond motifs is 1. The van der Waals surface area contributed by atoms with Crippen molar-refractivity contribution < 1.29 is 4.79 Å². The number of halogens is 3. The topological polar surface area (TPSA) is 66.1 Å². The molecule has 8 heteroatoms. The highest BCUT2D eigenvalue weighted by Gasteiger charge is 2.18. The van der Waals surface area contributed by atoms with Crippen molar-refractivity contribution >= 4 is 63.0 Å². The van der Waals surface area contributed by atoms with Crippen molar-refractivity contribution in [2.75, 3.05) is 30.3 Å². The molecule has 5 nitrogen and oxygen atoms in total. The van der Waals surface area contributed by atoms with Gasteiger partial charge in [0.2, 0.25) is 0 Å². The Hall–Kier alpha value is -2.05. The summed E-state index contributed by atoms with van der Waals surface area (Å²) in [5.74, 6) is -0.409. The number of aryl methyl sites for hydroxylation is 1. The van der Waals surface area contributed by atoms with E-state index in [1.54, 1.807) is 36.5 Å². The average Bonchev–Trinajstić information content (AvgIpc) is 2.68. The van der Waals surface area contributed by atoms with Gasteiger partial charge in [0, 0.05) is 30.4 Å². The third-order valence-electron chi connectivity index (χ3n) is 4.45. The van der Waals surface area contributed by atoms with Crippen molar-refractivity contribution in [1.29, 1.82) is 0 Å². The van der Waals surface area contributed by atoms with Gasteiger partial charge in [0.15, 0.2) is 0 Å². The number of amides is 1. The molecule has 0 saturated carbocycles. The van der Waals surface area contributed by atoms with Crippen LogP contribution in [0.25, 0.3) is 10.9 Å². The highest BCUT2D eigenvalue weighted by molar-refractivity contribution is 6.41. The van der Waals surface area contributed by atoms with E-state index in [2.05, 4.69) is 27.9 Å². The van der Waals surface area contributed by atoms with E-state index < -0.39 is 5.91 Å². The lowest BCUT2D eigenvalue weighted by Crippen LogP contribution is -2.22. The highest BCUT2D eigenvalue weighted by atomic mass is 35.5. The van der Waals surface area contributed by atoms with E-state index in [1.807, 2.05) is 6.92 Å². The summed E-state index contributed by atoms with van der Waals surface area (Å²) in [4.78, 5) is 17.3. The molecule has 0 radical (unpaired) electrons. The van der Waals surface area contributed by atoms with Gasteiger partial charge < -0.3 is 16.0 Å². The molecule has 0 atom stereocenters. The normalized spacial score (nSPS) is 10.9. The molecule has 152 valence electrons. The molecule has 0 aliphatic heterocycles. The van der Waals surface area contributed by atoms with Crippen LogP contribution in [-0.4, -0.2) is 30.5 Å². The van der Waals surface area contributed by atoms with E-state index in [4.69, 9.17) is 34.8 Å². The fourth-order valence-corrected chi connectivity index (χ4v) is 3.86. The maximum Gasteiger partial charge on any atom is 0.258 e. The van der Waals surface area contributed by atoms with Gasteiger partial charge >= 0.3 is 0 Å². The Morgan fingerprint density at radius 1 is 1.03 bits per heavy atom. The molecule has 1 heterocycles. The molecule has 29 heavy (non-hydrogen) atoms. The highest BCUT2D eigenvalue weighted by Crippen LogP contribution is 2.36. The number of likely N-dealkylation sites (N-methyl/N-ethyl adjacent to an activating group) is 1. The summed E-state index contributed by atoms with van der Waals surface area (Å²) < 4.78 is 0. The zero-order chi connectivity index (χ0) is 21.0. The summed E-state index contributed by atoms with van der Waals surface area (Å²) in [5, 5.41) is 11.4. The number of rotatable bonds is 7. The third-order valence-corrected chi connectivity index (χ3v) is 5.40. The Morgan fingerprint density at radius 3 is 2.45 bits per heavy atom. The van der Waals surface area contributed by atoms with Gasteiger partial charge in [-0.1, -0.05) is 47.8 Å². The van der Waals surface area contributed by atoms with Gasteiger partial charge in [-0.3, -0.25) is 9.78 Å². The number of carbonyl (C=O) groups is 1. The van der Waals surface area contributed by atoms with E-state index in [1.165, 1.54) is 0 Å². The van der Waals surface area contributed by atoms with Gasteiger partial charge in [-0.15, -0.1) is 0 Å². The molecule has 0 saturated heterocycles. The lowest BCUT2D eigenvalue weighted by Gasteiger charge is -2.16. The molecule has 3 N–H and O–H groups in total. The van der Waals surface area contributed by atoms with E-state index in [0.29, 0.717) is 16.2 Å². The lowest BCUT2D eigenvalue weighted by atomic mass is 10.1. The van der Waals surface area contributed by atoms with Crippen LogP contribution >= 0.6 is 34.8 Å². The molecule has 1 amide bonds. The predicted octanol–water partition coefficient (Wildman–Crippen LogP) is 5.78. The summed E-state index contributed by atoms with van der Waals surface area (Å²) in [6.45, 7) is 6.48. The molecular formula is C21H21Cl3N4O. The SMILES string of the molecule is CCNCCNc1c(C)cnc2c(NC(=O)c3c(Cl)cccc3Cl)ccc(Cl)c12. The Morgan fingerprint density at radius 2 is 1.76 bits per heavy atom. The smallest absolute Gasteiger partial charge is 0.258 e. The molecule has 0 bridgehead atoms. The standard InChI is InChI=1S/C21H21Cl3N4O/c1-3-25-9-10-26-19-12(2)11-27-20-16(8-7-15(24)18(19)20)28-21(29)17-13(22)5-4-6-14(17)23/h4-8,11,25H,3,9-10H2,1-2H3,(H,26,27)(H,28,29). The molecule has 0 fully saturated rings. The van der Waals surface area contributed by atoms with Crippen LogP contribution in [0.5, 0.6) is 0 Å². The summed E-state index contributed by atoms with van der Waals surface area (Å²) in [6.07, 6.45) is 1.76. The first-order chi connectivity index (χ1) is 13.9. The molecule has 2 aromatic carbocycles. The number of nitrogens with zero attached hydrogens (tertiary/aromatic N) is 1. The molecule has 0 aliphatic carbocycles. The van der Waals surface area contributed by atoms with Crippen LogP contribution < -0.4 is 16.0 Å². The fraction of sp³-hybridized carbons (Fsp3) is 0.238. The maximum absolute atomic E-state index is 12.8. The zero-order valence-corrected chi connectivity index (χ0v) is 18.3. The number of carbonyl (C=O) groups excluding carboxylic acids is 1. The van der Waals surface area contributed by atoms with Crippen molar-refractivity contribution in [1.82, 2.24) is 10.3 Å². The van der Waals surface area contributed by atoms with Gasteiger partial charge in [-0.25, -0.2) is 0 Å². The molecule has 0 spiro atoms. The van der Waals surface area contributed by atoms with Crippen LogP contribution in [0, 0.1) is 6.92 Å². The summed E-state index contributed by atoms with van der Waals surface area (Å²) in [5.41, 5.74) is 3.19. The van der Waals surface area contributed by atoms with E-state index in [0.717, 1.165) is 36.3 Å². The van der Waals surface area contributed by atoms with E-state index in [-0.39, 0.29) is 15.6 Å². The fourth-order valence-electron chi connectivity index (χ4n) is 3.04. The maximum atomic E-state index is 12.8. The molecular weight excluding hydrogens is 431 g/mol. The lowest BCUT2D eigenvalue weighted by molar-refractivity contribution is 0.102. The average molecular weight is 452 g/mol. The molecule has 0 unspecified atom stereocenters. The third kappa shape index (κ3) is 4.75. The Balaban J connectivity index is 1.99. The minimum absolute atomic E-state index is 0.218. The number of benzene rings is 2. The second kappa shape index (κ2) is 9.63. The van der Waals surface area contributed by atoms with E-state index in [9.17, 15) is 4.79 Å². The number of hydrogen-bond donors (Lipinski definition) is 3. The minimum atomic E-state index is -0.409. The van der Waals surface area contributed by atoms with Crippen LogP contribution in [-0.2, 0) is 0 Å². The summed E-state index contributed by atoms with van der Waals surface area (Å²) >= 11 is 18.8. The number of pyridine rings is 1. The van der Waals surface area contributed by atoms with Gasteiger partial charge in [-0.05, 0) is 43.3 Å². The van der Waals surface area contributed by atoms with Gasteiger partial charge in [0.1, 0.15) is 0 Å². The molecule has 1 aromatic heterocycles. The van der Waals surface area contributed by atoms with Crippen molar-refractivity contribution in [3.8, 4) is 0 Å². The number of hydrogen-bond acceptors (Lipinski definition) is 4. The van der Waals surface area contributed by atoms with Crippen LogP contribution in [0.1, 0.15) is 22.8 Å². The molecule has 3 aromatic rings. The first-order valence-corrected chi connectivity index (χ1v) is 10.3. The van der Waals surface area contributed by atoms with Gasteiger partial charge in [0.05, 0.1) is 31.8 Å². The number of aromatic nitrogens is 1. The Kier molecular flexibility index (Phi) is 7.19. The van der Waals surface area contributed by atoms with Crippen molar-refractivity contribution in [3.63, 3.8) is 0 Å². The van der Waals surface area contributed by atoms with Crippen LogP contribution in [0.15, 0.2) is 36.5 Å². The second-order valence-electron chi connectivity index (χ2n) is 6.47. The molecule has 3 rings (SSSR count). The van der Waals surface area contributed by atoms with Crippen molar-refractivity contribution in [2.24, 2.45) is 0 Å². The number of nitrogens with one attached hydrogen (secondary N) is 3. The minimum Gasteiger partial charge on any atom is -0.383 e.